The fraction of sp³-hybridized carbons (Fsp3) is 0.379. The average molecular weight is 3420 g/mol. The fourth-order valence-corrected chi connectivity index (χ4v) is 9.44. The number of benzene rings is 4. The van der Waals surface area contributed by atoms with Gasteiger partial charge in [-0.15, -0.1) is 17.0 Å². The molecular formula is C66H102BrI4KN6O20S4W5Y5-10. The summed E-state index contributed by atoms with van der Waals surface area (Å²) >= 11 is 8.48. The number of carbonyl (C=O) groups excluding carboxylic acids is 5. The number of hydrogen-bond donors (Lipinski definition) is 3. The van der Waals surface area contributed by atoms with Crippen LogP contribution in [0.4, 0.5) is 0 Å². The number of sulfonamides is 4. The summed E-state index contributed by atoms with van der Waals surface area (Å²) in [5.41, 5.74) is 2.90. The molecule has 0 aromatic heterocycles. The van der Waals surface area contributed by atoms with E-state index in [1.807, 2.05) is 48.5 Å². The molecule has 0 aliphatic carbocycles. The number of rotatable bonds is 23. The van der Waals surface area contributed by atoms with Gasteiger partial charge in [-0.25, -0.2) is 21.6 Å². The van der Waals surface area contributed by atoms with Crippen molar-refractivity contribution in [2.75, 3.05) is 33.0 Å². The number of isocyanates is 1. The van der Waals surface area contributed by atoms with Crippen molar-refractivity contribution in [3.63, 3.8) is 0 Å². The van der Waals surface area contributed by atoms with Gasteiger partial charge in [0.25, 0.3) is 56.0 Å². The Balaban J connectivity index is -0.0000000460. The molecule has 3 N–H and O–H groups in total. The zero-order chi connectivity index (χ0) is 79.8. The maximum atomic E-state index is 12.2. The van der Waals surface area contributed by atoms with Crippen molar-refractivity contribution in [2.45, 2.75) is 153 Å². The molecule has 5 unspecified atom stereocenters. The molecule has 0 bridgehead atoms. The van der Waals surface area contributed by atoms with Gasteiger partial charge in [0.1, 0.15) is 0 Å². The van der Waals surface area contributed by atoms with E-state index in [0.29, 0.717) is 28.4 Å². The van der Waals surface area contributed by atoms with E-state index in [9.17, 15) is 57.6 Å². The summed E-state index contributed by atoms with van der Waals surface area (Å²) in [5.74, 6) is -3.04. The summed E-state index contributed by atoms with van der Waals surface area (Å²) in [7, 11) is -1.73. The van der Waals surface area contributed by atoms with Crippen LogP contribution < -0.4 is 62.0 Å². The number of carboxylic acids is 1. The second-order valence-electron chi connectivity index (χ2n) is 18.7. The summed E-state index contributed by atoms with van der Waals surface area (Å²) in [5, 5.41) is 12.3. The third-order valence-electron chi connectivity index (χ3n) is 10.6. The average Bonchev–Trinajstić information content (AvgIpc) is 0.811. The number of carbonyl (C=O) groups is 5. The molecule has 0 saturated heterocycles. The molecular weight excluding hydrogens is 3320 g/mol. The van der Waals surface area contributed by atoms with Gasteiger partial charge in [0, 0.05) is 365 Å². The summed E-state index contributed by atoms with van der Waals surface area (Å²) in [6, 6.07) is 22.2. The van der Waals surface area contributed by atoms with Crippen molar-refractivity contribution in [2.24, 2.45) is 8.80 Å². The van der Waals surface area contributed by atoms with Gasteiger partial charge in [-0.05, 0) is 135 Å². The first-order chi connectivity index (χ1) is 46.5. The van der Waals surface area contributed by atoms with Gasteiger partial charge in [-0.2, -0.15) is 21.2 Å². The quantitative estimate of drug-likeness (QED) is 0.0118. The number of ether oxygens (including phenoxy) is 5. The van der Waals surface area contributed by atoms with Gasteiger partial charge in [-0.3, -0.25) is 52.2 Å². The van der Waals surface area contributed by atoms with Crippen LogP contribution in [0.3, 0.4) is 0 Å². The maximum absolute atomic E-state index is 12.2. The number of carboxylic acid groups (broad SMARTS) is 1. The number of nitrogens with one attached hydrogen (secondary N) is 2. The van der Waals surface area contributed by atoms with E-state index >= 15 is 0 Å². The number of halogens is 5. The Morgan fingerprint density at radius 1 is 0.562 bits per heavy atom. The van der Waals surface area contributed by atoms with Gasteiger partial charge in [0.2, 0.25) is 20.0 Å². The maximum Gasteiger partial charge on any atom is 1.00 e. The van der Waals surface area contributed by atoms with Crippen LogP contribution in [-0.4, -0.2) is 152 Å². The number of esters is 4. The van der Waals surface area contributed by atoms with Gasteiger partial charge < -0.3 is 97.4 Å². The second kappa shape index (κ2) is 100. The van der Waals surface area contributed by atoms with Gasteiger partial charge in [-0.1, -0.05) is 102 Å². The van der Waals surface area contributed by atoms with Crippen LogP contribution in [0.5, 0.6) is 0 Å². The largest absolute Gasteiger partial charge is 1.00 e. The molecule has 631 valence electrons. The van der Waals surface area contributed by atoms with Crippen LogP contribution in [0.15, 0.2) is 125 Å². The SMILES string of the molecule is Br.CC.CC(=O)O.CCOC(C)C=NS(=O)(=O)c1ccc(C)cc1.Cc1ccc(S(=O)(=O)N=C=O)cc1.II.II.[3HH].[CH2-]C(C(=O)OCC)N([CH2-])S(=O)(=O)c1ccc(C)cc1.[CH2-]C(C(=O)OCC)N([CH2-])S(=O)(=O)c1ccc(C)cc1.[CH2-]C[CH2-].[CH2-]NC([CH2-])(C)C(=O)OCC.[CH2-]NC([CH2-])C(=O)OCC.[H-].[K+].[W].[W].[W].[W].[W].[Y].[Y].[Y].[Y].[Y]. The van der Waals surface area contributed by atoms with E-state index in [1.54, 1.807) is 102 Å². The minimum Gasteiger partial charge on any atom is -1.00 e. The molecule has 0 aliphatic heterocycles. The number of nitrogens with zero attached hydrogens (tertiary/aromatic N) is 4. The first-order valence-electron chi connectivity index (χ1n) is 29.4. The molecule has 5 radical (unpaired) electrons. The molecule has 0 amide bonds. The third kappa shape index (κ3) is 81.4. The van der Waals surface area contributed by atoms with E-state index in [1.165, 1.54) is 42.6 Å². The molecule has 4 aromatic rings. The van der Waals surface area contributed by atoms with Crippen LogP contribution in [0.1, 0.15) is 101 Å². The Bertz CT molecular complexity index is 3410. The molecule has 0 saturated carbocycles. The smallest absolute Gasteiger partial charge is 1.00 e. The zero-order valence-corrected chi connectivity index (χ0v) is 111. The van der Waals surface area contributed by atoms with Crippen LogP contribution in [-0.2, 0) is 361 Å². The van der Waals surface area contributed by atoms with Crippen LogP contribution in [0.2, 0.25) is 0 Å². The van der Waals surface area contributed by atoms with Gasteiger partial charge >= 0.3 is 51.4 Å². The van der Waals surface area contributed by atoms with Crippen molar-refractivity contribution < 1.29 is 414 Å². The van der Waals surface area contributed by atoms with Crippen molar-refractivity contribution in [3.05, 3.63) is 189 Å². The Labute approximate surface area is 971 Å². The van der Waals surface area contributed by atoms with Crippen LogP contribution in [0.25, 0.3) is 0 Å². The zero-order valence-electron chi connectivity index (χ0n) is 66.4. The summed E-state index contributed by atoms with van der Waals surface area (Å²) < 4.78 is 126. The molecule has 0 fully saturated rings. The Morgan fingerprint density at radius 3 is 1.03 bits per heavy atom. The third-order valence-corrected chi connectivity index (χ3v) is 16.6. The van der Waals surface area contributed by atoms with Crippen LogP contribution >= 0.6 is 91.4 Å². The summed E-state index contributed by atoms with van der Waals surface area (Å²) in [6.07, 6.45) is 2.76. The molecule has 5 atom stereocenters. The Hall–Kier alpha value is 6.88. The summed E-state index contributed by atoms with van der Waals surface area (Å²) in [4.78, 5) is 63.6. The topological polar surface area (TPSA) is 361 Å². The molecule has 112 heavy (non-hydrogen) atoms. The minimum absolute atomic E-state index is 0. The van der Waals surface area contributed by atoms with Crippen molar-refractivity contribution in [1.29, 1.82) is 0 Å². The van der Waals surface area contributed by atoms with Gasteiger partial charge in [0.15, 0.2) is 0 Å². The predicted molar refractivity (Wildman–Crippen MR) is 440 cm³/mol. The number of hydrogen-bond acceptors (Lipinski definition) is 21. The van der Waals surface area contributed by atoms with E-state index in [2.05, 4.69) is 168 Å². The minimum atomic E-state index is -3.86. The molecule has 4 rings (SSSR count). The molecule has 0 aliphatic rings. The first-order valence-corrected chi connectivity index (χ1v) is 47.7. The van der Waals surface area contributed by atoms with Crippen molar-refractivity contribution in [3.8, 4) is 0 Å². The molecule has 4 aromatic carbocycles. The monoisotopic (exact) mass is 3420 g/mol. The van der Waals surface area contributed by atoms with E-state index in [-0.39, 0.29) is 391 Å². The predicted octanol–water partition coefficient (Wildman–Crippen LogP) is 10.6. The summed E-state index contributed by atoms with van der Waals surface area (Å²) in [6.45, 7) is 46.7. The first kappa shape index (κ1) is 166. The molecule has 0 spiro atoms. The van der Waals surface area contributed by atoms with Crippen LogP contribution in [0, 0.1) is 97.4 Å². The van der Waals surface area contributed by atoms with Gasteiger partial charge in [0.05, 0.1) is 52.1 Å². The van der Waals surface area contributed by atoms with E-state index in [0.717, 1.165) is 41.7 Å². The Kier molecular flexibility index (Phi) is 148. The van der Waals surface area contributed by atoms with Crippen molar-refractivity contribution >= 4 is 174 Å². The molecule has 26 nitrogen and oxygen atoms in total. The Morgan fingerprint density at radius 2 is 0.804 bits per heavy atom. The molecule has 0 heterocycles. The number of aliphatic carboxylic acids is 1. The number of aryl methyl sites for hydroxylation is 4. The van der Waals surface area contributed by atoms with Crippen molar-refractivity contribution in [1.82, 2.24) is 19.2 Å². The fourth-order valence-electron chi connectivity index (χ4n) is 5.48. The second-order valence-corrected chi connectivity index (χ2v) is 25.7. The molecule has 46 heteroatoms. The van der Waals surface area contributed by atoms with E-state index in [4.69, 9.17) is 28.8 Å². The standard InChI is InChI=1S/2C13H17NO4S.C12H17NO3S.C8H7NO3S.C7H13NO2.C6H11NO2.C3H6.C2H4O2.C2H6.BrH.2I2.K.5W.5Y.H2.H/c2*1-5-18-13(15)11(3)14(4)19(16,17)12-8-6-10(2)7-9-12;1-4-16-11(3)9-13-17(14,15)12-7-5-10(2)6-8-12;1-7-2-4-8(5-3-7)13(11,12)9-6-10;1-5-10-6(9)7(2,3)8-4;1-4-9-6(8)5(2)7-3;1-3-2;1-2(3)4;1-2;;2*1-2;;;;;;;;;;;;;/h2*6-9,11H,3-5H2,1-2H3;5-9,11H,4H2,1-3H3;2-5H,1H3;8H,2,4-5H2,1,3H3;5,7H,2-4H2,1H3;1-3H2;1H3,(H,3,4);1-2H3;1H;;;;;;;;;;;;;;1H;/q2*-2;;;3*-2;;;;;;+1;;;;;;;;;;;;-1/i;;;;;;;;;;;;;;;;;;;;;;;1+2;. The van der Waals surface area contributed by atoms with E-state index < -0.39 is 81.7 Å². The normalized spacial score (nSPS) is 10.9.